The molecule has 0 saturated heterocycles. The number of hydrogen-bond donors (Lipinski definition) is 0. The van der Waals surface area contributed by atoms with Crippen LogP contribution >= 0.6 is 0 Å². The number of esters is 2. The fraction of sp³-hybridized carbons (Fsp3) is 0.0667. The number of non-ortho nitro benzene ring substituents is 2. The molecule has 0 aliphatic heterocycles. The van der Waals surface area contributed by atoms with Gasteiger partial charge in [-0.15, -0.1) is 0 Å². The van der Waals surface area contributed by atoms with Crippen molar-refractivity contribution in [1.82, 2.24) is 0 Å². The van der Waals surface area contributed by atoms with Gasteiger partial charge >= 0.3 is 11.9 Å². The molecule has 0 heterocycles. The number of rotatable bonds is 11. The minimum absolute atomic E-state index is 0.163. The highest BCUT2D eigenvalue weighted by atomic mass is 16.6. The second-order valence-electron chi connectivity index (χ2n) is 8.76. The van der Waals surface area contributed by atoms with Gasteiger partial charge in [0.15, 0.2) is 24.8 Å². The lowest BCUT2D eigenvalue weighted by Crippen LogP contribution is -2.14. The van der Waals surface area contributed by atoms with Gasteiger partial charge in [-0.3, -0.25) is 29.8 Å². The number of nitrogens with zero attached hydrogens (tertiary/aromatic N) is 2. The summed E-state index contributed by atoms with van der Waals surface area (Å²) in [6.07, 6.45) is 0. The number of Topliss-reactive ketones (excluding diaryl/α,β-unsaturated/α-hetero) is 2. The third-order valence-electron chi connectivity index (χ3n) is 6.02. The van der Waals surface area contributed by atoms with E-state index in [2.05, 4.69) is 0 Å². The maximum Gasteiger partial charge on any atom is 0.338 e. The van der Waals surface area contributed by atoms with Crippen molar-refractivity contribution >= 4 is 34.9 Å². The molecule has 0 bridgehead atoms. The van der Waals surface area contributed by atoms with Crippen LogP contribution in [0.15, 0.2) is 97.1 Å². The number of ether oxygens (including phenoxy) is 2. The minimum Gasteiger partial charge on any atom is -0.454 e. The van der Waals surface area contributed by atoms with E-state index in [-0.39, 0.29) is 33.6 Å². The van der Waals surface area contributed by atoms with Gasteiger partial charge < -0.3 is 9.47 Å². The van der Waals surface area contributed by atoms with Crippen LogP contribution in [0.2, 0.25) is 0 Å². The van der Waals surface area contributed by atoms with E-state index in [0.29, 0.717) is 11.1 Å². The molecule has 4 rings (SSSR count). The maximum absolute atomic E-state index is 12.5. The summed E-state index contributed by atoms with van der Waals surface area (Å²) in [5.41, 5.74) is 1.63. The highest BCUT2D eigenvalue weighted by Crippen LogP contribution is 2.22. The van der Waals surface area contributed by atoms with Gasteiger partial charge in [-0.05, 0) is 59.7 Å². The fourth-order valence-electron chi connectivity index (χ4n) is 3.76. The molecule has 4 aromatic rings. The van der Waals surface area contributed by atoms with Crippen molar-refractivity contribution in [3.63, 3.8) is 0 Å². The second kappa shape index (κ2) is 12.9. The summed E-state index contributed by atoms with van der Waals surface area (Å²) in [7, 11) is 0. The number of carbonyl (C=O) groups is 4. The second-order valence-corrected chi connectivity index (χ2v) is 8.76. The summed E-state index contributed by atoms with van der Waals surface area (Å²) < 4.78 is 10.2. The molecule has 0 saturated carbocycles. The van der Waals surface area contributed by atoms with Crippen molar-refractivity contribution in [2.24, 2.45) is 0 Å². The monoisotopic (exact) mass is 568 g/mol. The molecule has 0 aliphatic rings. The molecule has 0 spiro atoms. The van der Waals surface area contributed by atoms with E-state index < -0.39 is 46.6 Å². The van der Waals surface area contributed by atoms with Crippen LogP contribution in [-0.2, 0) is 9.47 Å². The van der Waals surface area contributed by atoms with Gasteiger partial charge in [-0.1, -0.05) is 24.3 Å². The summed E-state index contributed by atoms with van der Waals surface area (Å²) in [4.78, 5) is 69.8. The number of ketones is 2. The Morgan fingerprint density at radius 2 is 0.952 bits per heavy atom. The van der Waals surface area contributed by atoms with Gasteiger partial charge in [0.2, 0.25) is 0 Å². The molecular formula is C30H20N2O10. The average molecular weight is 568 g/mol. The van der Waals surface area contributed by atoms with E-state index in [4.69, 9.17) is 9.47 Å². The Hall–Kier alpha value is -6.04. The Kier molecular flexibility index (Phi) is 8.88. The van der Waals surface area contributed by atoms with E-state index in [1.807, 2.05) is 0 Å². The van der Waals surface area contributed by atoms with Crippen LogP contribution < -0.4 is 0 Å². The van der Waals surface area contributed by atoms with Crippen molar-refractivity contribution in [3.05, 3.63) is 140 Å². The van der Waals surface area contributed by atoms with Gasteiger partial charge in [-0.2, -0.15) is 0 Å². The van der Waals surface area contributed by atoms with Crippen LogP contribution in [-0.4, -0.2) is 46.6 Å². The van der Waals surface area contributed by atoms with E-state index >= 15 is 0 Å². The number of nitro groups is 2. The van der Waals surface area contributed by atoms with Crippen LogP contribution in [0, 0.1) is 20.2 Å². The van der Waals surface area contributed by atoms with Crippen LogP contribution in [0.25, 0.3) is 11.1 Å². The number of benzene rings is 4. The number of carbonyl (C=O) groups excluding carboxylic acids is 4. The maximum atomic E-state index is 12.5. The van der Waals surface area contributed by atoms with Crippen molar-refractivity contribution in [2.75, 3.05) is 13.2 Å². The highest BCUT2D eigenvalue weighted by molar-refractivity contribution is 6.00. The highest BCUT2D eigenvalue weighted by Gasteiger charge is 2.16. The molecule has 0 unspecified atom stereocenters. The molecule has 0 fully saturated rings. The minimum atomic E-state index is -0.745. The van der Waals surface area contributed by atoms with E-state index in [9.17, 15) is 39.4 Å². The van der Waals surface area contributed by atoms with Crippen molar-refractivity contribution in [2.45, 2.75) is 0 Å². The van der Waals surface area contributed by atoms with Gasteiger partial charge in [0.1, 0.15) is 0 Å². The third-order valence-corrected chi connectivity index (χ3v) is 6.02. The first kappa shape index (κ1) is 29.0. The van der Waals surface area contributed by atoms with E-state index in [0.717, 1.165) is 0 Å². The molecule has 0 radical (unpaired) electrons. The molecular weight excluding hydrogens is 548 g/mol. The normalized spacial score (nSPS) is 10.4. The largest absolute Gasteiger partial charge is 0.454 e. The summed E-state index contributed by atoms with van der Waals surface area (Å²) in [5.74, 6) is -2.53. The predicted molar refractivity (Wildman–Crippen MR) is 147 cm³/mol. The first-order chi connectivity index (χ1) is 20.1. The van der Waals surface area contributed by atoms with Gasteiger partial charge in [0, 0.05) is 35.4 Å². The summed E-state index contributed by atoms with van der Waals surface area (Å²) in [5, 5.41) is 21.5. The Labute approximate surface area is 237 Å². The first-order valence-corrected chi connectivity index (χ1v) is 12.2. The summed E-state index contributed by atoms with van der Waals surface area (Å²) in [6.45, 7) is -1.10. The first-order valence-electron chi connectivity index (χ1n) is 12.2. The lowest BCUT2D eigenvalue weighted by molar-refractivity contribution is -0.385. The molecule has 0 aliphatic carbocycles. The molecule has 42 heavy (non-hydrogen) atoms. The standard InChI is InChI=1S/C30H20N2O10/c33-27(20-8-12-25(13-9-20)31(37)38)17-41-29(35)22-6-4-19(5-7-22)23-2-1-3-24(16-23)30(36)42-18-28(34)21-10-14-26(15-11-21)32(39)40/h1-16H,17-18H2. The molecule has 0 aromatic heterocycles. The Balaban J connectivity index is 1.33. The Bertz CT molecular complexity index is 1680. The molecule has 0 atom stereocenters. The lowest BCUT2D eigenvalue weighted by Gasteiger charge is -2.08. The third kappa shape index (κ3) is 7.12. The van der Waals surface area contributed by atoms with E-state index in [1.165, 1.54) is 66.7 Å². The zero-order valence-electron chi connectivity index (χ0n) is 21.6. The van der Waals surface area contributed by atoms with Gasteiger partial charge in [0.25, 0.3) is 11.4 Å². The van der Waals surface area contributed by atoms with Crippen molar-refractivity contribution in [3.8, 4) is 11.1 Å². The van der Waals surface area contributed by atoms with Gasteiger partial charge in [0.05, 0.1) is 21.0 Å². The molecule has 12 nitrogen and oxygen atoms in total. The quantitative estimate of drug-likeness (QED) is 0.101. The summed E-state index contributed by atoms with van der Waals surface area (Å²) >= 11 is 0. The number of nitro benzene ring substituents is 2. The summed E-state index contributed by atoms with van der Waals surface area (Å²) in [6, 6.07) is 22.5. The SMILES string of the molecule is O=C(COC(=O)c1ccc(-c2cccc(C(=O)OCC(=O)c3ccc([N+](=O)[O-])cc3)c2)cc1)c1ccc([N+](=O)[O-])cc1. The molecule has 4 aromatic carbocycles. The van der Waals surface area contributed by atoms with Crippen LogP contribution in [0.3, 0.4) is 0 Å². The van der Waals surface area contributed by atoms with Crippen molar-refractivity contribution in [1.29, 1.82) is 0 Å². The predicted octanol–water partition coefficient (Wildman–Crippen LogP) is 5.25. The van der Waals surface area contributed by atoms with Gasteiger partial charge in [-0.25, -0.2) is 9.59 Å². The lowest BCUT2D eigenvalue weighted by atomic mass is 10.0. The van der Waals surface area contributed by atoms with Crippen LogP contribution in [0.5, 0.6) is 0 Å². The zero-order valence-corrected chi connectivity index (χ0v) is 21.6. The smallest absolute Gasteiger partial charge is 0.338 e. The Morgan fingerprint density at radius 3 is 1.40 bits per heavy atom. The fourth-order valence-corrected chi connectivity index (χ4v) is 3.76. The topological polar surface area (TPSA) is 173 Å². The van der Waals surface area contributed by atoms with Crippen LogP contribution in [0.1, 0.15) is 41.4 Å². The molecule has 0 amide bonds. The molecule has 12 heteroatoms. The molecule has 210 valence electrons. The van der Waals surface area contributed by atoms with Crippen LogP contribution in [0.4, 0.5) is 11.4 Å². The average Bonchev–Trinajstić information content (AvgIpc) is 3.02. The number of hydrogen-bond acceptors (Lipinski definition) is 10. The molecule has 0 N–H and O–H groups in total. The Morgan fingerprint density at radius 1 is 0.524 bits per heavy atom. The van der Waals surface area contributed by atoms with E-state index in [1.54, 1.807) is 30.3 Å². The van der Waals surface area contributed by atoms with Crippen molar-refractivity contribution < 1.29 is 38.5 Å². The zero-order chi connectivity index (χ0) is 30.2.